The van der Waals surface area contributed by atoms with E-state index in [4.69, 9.17) is 0 Å². The third-order valence-electron chi connectivity index (χ3n) is 2.76. The summed E-state index contributed by atoms with van der Waals surface area (Å²) in [6, 6.07) is 6.21. The number of halogens is 1. The number of hydrogen-bond donors (Lipinski definition) is 1. The minimum absolute atomic E-state index is 0.0258. The molecule has 0 unspecified atom stereocenters. The molecule has 0 aliphatic carbocycles. The second-order valence-electron chi connectivity index (χ2n) is 4.23. The van der Waals surface area contributed by atoms with Crippen LogP contribution in [0, 0.1) is 27.2 Å². The fraction of sp³-hybridized carbons (Fsp3) is 0.167. The number of benzene rings is 1. The smallest absolute Gasteiger partial charge is 0.324 e. The minimum Gasteiger partial charge on any atom is -0.379 e. The van der Waals surface area contributed by atoms with Crippen LogP contribution in [0.3, 0.4) is 0 Å². The molecule has 0 spiro atoms. The highest BCUT2D eigenvalue weighted by Crippen LogP contribution is 2.32. The van der Waals surface area contributed by atoms with Gasteiger partial charge in [-0.1, -0.05) is 11.3 Å². The maximum absolute atomic E-state index is 10.9. The van der Waals surface area contributed by atoms with E-state index >= 15 is 0 Å². The zero-order valence-corrected chi connectivity index (χ0v) is 13.2. The zero-order chi connectivity index (χ0) is 15.6. The Labute approximate surface area is 132 Å². The van der Waals surface area contributed by atoms with Gasteiger partial charge in [-0.3, -0.25) is 20.2 Å². The molecule has 21 heavy (non-hydrogen) atoms. The molecule has 0 aliphatic rings. The minimum atomic E-state index is -0.444. The van der Waals surface area contributed by atoms with Crippen molar-refractivity contribution in [3.63, 3.8) is 0 Å². The molecule has 1 aromatic heterocycles. The van der Waals surface area contributed by atoms with Gasteiger partial charge in [0.1, 0.15) is 0 Å². The van der Waals surface area contributed by atoms with Gasteiger partial charge in [0, 0.05) is 33.6 Å². The van der Waals surface area contributed by atoms with Crippen LogP contribution in [0.15, 0.2) is 28.7 Å². The molecule has 0 bridgehead atoms. The van der Waals surface area contributed by atoms with Crippen LogP contribution in [0.4, 0.5) is 16.4 Å². The summed E-state index contributed by atoms with van der Waals surface area (Å²) >= 11 is 4.41. The highest BCUT2D eigenvalue weighted by atomic mass is 79.9. The Morgan fingerprint density at radius 1 is 1.24 bits per heavy atom. The summed E-state index contributed by atoms with van der Waals surface area (Å²) in [7, 11) is 0. The number of thiophene rings is 1. The lowest BCUT2D eigenvalue weighted by Crippen LogP contribution is -2.00. The van der Waals surface area contributed by atoms with Crippen LogP contribution in [0.1, 0.15) is 10.4 Å². The van der Waals surface area contributed by atoms with Gasteiger partial charge in [0.25, 0.3) is 5.69 Å². The molecule has 0 atom stereocenters. The van der Waals surface area contributed by atoms with E-state index in [1.807, 2.05) is 0 Å². The van der Waals surface area contributed by atoms with Gasteiger partial charge < -0.3 is 5.32 Å². The third-order valence-corrected chi connectivity index (χ3v) is 4.46. The van der Waals surface area contributed by atoms with E-state index < -0.39 is 9.85 Å². The maximum Gasteiger partial charge on any atom is 0.324 e. The molecule has 0 fully saturated rings. The Morgan fingerprint density at radius 2 is 1.95 bits per heavy atom. The molecule has 2 aromatic rings. The van der Waals surface area contributed by atoms with Crippen LogP contribution in [0.2, 0.25) is 0 Å². The molecule has 110 valence electrons. The number of aryl methyl sites for hydroxylation is 1. The number of nitrogens with zero attached hydrogens (tertiary/aromatic N) is 2. The number of hydrogen-bond acceptors (Lipinski definition) is 6. The lowest BCUT2D eigenvalue weighted by molar-refractivity contribution is -0.385. The van der Waals surface area contributed by atoms with E-state index in [1.54, 1.807) is 19.1 Å². The summed E-state index contributed by atoms with van der Waals surface area (Å²) in [4.78, 5) is 21.4. The van der Waals surface area contributed by atoms with Crippen molar-refractivity contribution in [3.8, 4) is 0 Å². The lowest BCUT2D eigenvalue weighted by Gasteiger charge is -2.08. The Kier molecular flexibility index (Phi) is 4.53. The summed E-state index contributed by atoms with van der Waals surface area (Å²) in [5.41, 5.74) is 1.16. The van der Waals surface area contributed by atoms with Gasteiger partial charge in [0.15, 0.2) is 0 Å². The highest BCUT2D eigenvalue weighted by Gasteiger charge is 2.15. The monoisotopic (exact) mass is 371 g/mol. The first-order valence-corrected chi connectivity index (χ1v) is 7.41. The van der Waals surface area contributed by atoms with Gasteiger partial charge in [-0.25, -0.2) is 0 Å². The molecule has 0 saturated heterocycles. The summed E-state index contributed by atoms with van der Waals surface area (Å²) < 4.78 is 0.705. The fourth-order valence-corrected chi connectivity index (χ4v) is 3.09. The highest BCUT2D eigenvalue weighted by molar-refractivity contribution is 9.10. The number of nitro groups is 2. The van der Waals surface area contributed by atoms with Crippen LogP contribution < -0.4 is 5.32 Å². The van der Waals surface area contributed by atoms with E-state index in [2.05, 4.69) is 21.2 Å². The van der Waals surface area contributed by atoms with Crippen molar-refractivity contribution in [2.45, 2.75) is 13.5 Å². The molecule has 1 aromatic carbocycles. The van der Waals surface area contributed by atoms with Crippen molar-refractivity contribution < 1.29 is 9.85 Å². The van der Waals surface area contributed by atoms with Crippen molar-refractivity contribution in [1.82, 2.24) is 0 Å². The standard InChI is InChI=1S/C12H10BrN3O4S/c1-7-4-9(13)10(5-11(7)15(17)18)14-6-8-2-3-12(21-8)16(19)20/h2-5,14H,6H2,1H3. The molecule has 0 saturated carbocycles. The average Bonchev–Trinajstić information content (AvgIpc) is 2.86. The van der Waals surface area contributed by atoms with Crippen LogP contribution in [0.25, 0.3) is 0 Å². The van der Waals surface area contributed by atoms with Crippen LogP contribution >= 0.6 is 27.3 Å². The van der Waals surface area contributed by atoms with Crippen molar-refractivity contribution in [1.29, 1.82) is 0 Å². The van der Waals surface area contributed by atoms with Crippen LogP contribution in [-0.4, -0.2) is 9.85 Å². The summed E-state index contributed by atoms with van der Waals surface area (Å²) in [5, 5.41) is 24.7. The SMILES string of the molecule is Cc1cc(Br)c(NCc2ccc([N+](=O)[O-])s2)cc1[N+](=O)[O-]. The van der Waals surface area contributed by atoms with Crippen LogP contribution in [-0.2, 0) is 6.54 Å². The average molecular weight is 372 g/mol. The van der Waals surface area contributed by atoms with Crippen LogP contribution in [0.5, 0.6) is 0 Å². The molecular weight excluding hydrogens is 362 g/mol. The molecule has 0 amide bonds. The normalized spacial score (nSPS) is 10.4. The van der Waals surface area contributed by atoms with E-state index in [0.717, 1.165) is 16.2 Å². The molecule has 1 N–H and O–H groups in total. The second-order valence-corrected chi connectivity index (χ2v) is 6.23. The van der Waals surface area contributed by atoms with Gasteiger partial charge >= 0.3 is 5.00 Å². The molecular formula is C12H10BrN3O4S. The maximum atomic E-state index is 10.9. The largest absolute Gasteiger partial charge is 0.379 e. The van der Waals surface area contributed by atoms with Gasteiger partial charge in [-0.2, -0.15) is 0 Å². The Morgan fingerprint density at radius 3 is 2.52 bits per heavy atom. The predicted octanol–water partition coefficient (Wildman–Crippen LogP) is 4.25. The Balaban J connectivity index is 2.17. The Hall–Kier alpha value is -2.00. The second kappa shape index (κ2) is 6.19. The Bertz CT molecular complexity index is 717. The van der Waals surface area contributed by atoms with Crippen molar-refractivity contribution in [3.05, 3.63) is 59.4 Å². The number of nitrogens with one attached hydrogen (secondary N) is 1. The molecule has 9 heteroatoms. The molecule has 7 nitrogen and oxygen atoms in total. The van der Waals surface area contributed by atoms with E-state index in [9.17, 15) is 20.2 Å². The zero-order valence-electron chi connectivity index (χ0n) is 10.8. The first-order chi connectivity index (χ1) is 9.88. The van der Waals surface area contributed by atoms with Crippen molar-refractivity contribution in [2.24, 2.45) is 0 Å². The van der Waals surface area contributed by atoms with Crippen molar-refractivity contribution >= 4 is 43.6 Å². The summed E-state index contributed by atoms with van der Waals surface area (Å²) in [6.07, 6.45) is 0. The quantitative estimate of drug-likeness (QED) is 0.625. The number of anilines is 1. The van der Waals surface area contributed by atoms with Gasteiger partial charge in [-0.05, 0) is 35.0 Å². The van der Waals surface area contributed by atoms with E-state index in [-0.39, 0.29) is 10.7 Å². The lowest BCUT2D eigenvalue weighted by atomic mass is 10.2. The number of rotatable bonds is 5. The first kappa shape index (κ1) is 15.4. The fourth-order valence-electron chi connectivity index (χ4n) is 1.74. The predicted molar refractivity (Wildman–Crippen MR) is 83.8 cm³/mol. The molecule has 2 rings (SSSR count). The number of nitro benzene ring substituents is 1. The summed E-state index contributed by atoms with van der Waals surface area (Å²) in [6.45, 7) is 2.02. The topological polar surface area (TPSA) is 98.3 Å². The van der Waals surface area contributed by atoms with Crippen molar-refractivity contribution in [2.75, 3.05) is 5.32 Å². The van der Waals surface area contributed by atoms with Gasteiger partial charge in [-0.15, -0.1) is 0 Å². The summed E-state index contributed by atoms with van der Waals surface area (Å²) in [5.74, 6) is 0. The molecule has 0 aliphatic heterocycles. The third kappa shape index (κ3) is 3.56. The first-order valence-electron chi connectivity index (χ1n) is 5.80. The molecule has 1 heterocycles. The molecule has 0 radical (unpaired) electrons. The van der Waals surface area contributed by atoms with Gasteiger partial charge in [0.05, 0.1) is 15.5 Å². The van der Waals surface area contributed by atoms with E-state index in [1.165, 1.54) is 12.1 Å². The van der Waals surface area contributed by atoms with E-state index in [0.29, 0.717) is 22.3 Å². The van der Waals surface area contributed by atoms with Gasteiger partial charge in [0.2, 0.25) is 0 Å².